The molecule has 2 aromatic rings. The Balaban J connectivity index is 1.52. The van der Waals surface area contributed by atoms with E-state index in [1.807, 2.05) is 31.2 Å². The van der Waals surface area contributed by atoms with Crippen molar-refractivity contribution in [2.45, 2.75) is 26.3 Å². The Bertz CT molecular complexity index is 1070. The maximum atomic E-state index is 12.7. The molecule has 0 aliphatic carbocycles. The zero-order valence-corrected chi connectivity index (χ0v) is 19.1. The van der Waals surface area contributed by atoms with Gasteiger partial charge in [-0.3, -0.25) is 4.79 Å². The molecule has 11 heteroatoms. The average molecular weight is 486 g/mol. The van der Waals surface area contributed by atoms with Gasteiger partial charge >= 0.3 is 6.36 Å². The molecule has 1 fully saturated rings. The lowest BCUT2D eigenvalue weighted by Crippen LogP contribution is -2.50. The number of hydrogen-bond donors (Lipinski definition) is 1. The molecular weight excluding hydrogens is 459 g/mol. The summed E-state index contributed by atoms with van der Waals surface area (Å²) in [6, 6.07) is 12.4. The van der Waals surface area contributed by atoms with E-state index in [0.29, 0.717) is 18.7 Å². The number of piperazine rings is 1. The van der Waals surface area contributed by atoms with E-state index in [4.69, 9.17) is 0 Å². The Kier molecular flexibility index (Phi) is 7.53. The van der Waals surface area contributed by atoms with Gasteiger partial charge in [-0.05, 0) is 49.2 Å². The number of amides is 1. The van der Waals surface area contributed by atoms with Crippen LogP contribution in [0.3, 0.4) is 0 Å². The lowest BCUT2D eigenvalue weighted by Gasteiger charge is -2.35. The smallest absolute Gasteiger partial charge is 0.406 e. The number of benzene rings is 2. The van der Waals surface area contributed by atoms with Crippen molar-refractivity contribution in [3.8, 4) is 5.75 Å². The molecule has 1 atom stereocenters. The summed E-state index contributed by atoms with van der Waals surface area (Å²) < 4.78 is 67.3. The van der Waals surface area contributed by atoms with E-state index in [0.717, 1.165) is 23.4 Å². The van der Waals surface area contributed by atoms with Gasteiger partial charge in [-0.15, -0.1) is 13.2 Å². The van der Waals surface area contributed by atoms with Crippen LogP contribution in [-0.4, -0.2) is 56.9 Å². The molecule has 1 N–H and O–H groups in total. The Morgan fingerprint density at radius 2 is 1.73 bits per heavy atom. The van der Waals surface area contributed by atoms with Crippen LogP contribution < -0.4 is 15.0 Å². The number of carbonyl (C=O) groups excluding carboxylic acids is 1. The first-order valence-corrected chi connectivity index (χ1v) is 12.0. The molecule has 0 bridgehead atoms. The molecule has 1 heterocycles. The highest BCUT2D eigenvalue weighted by atomic mass is 32.2. The van der Waals surface area contributed by atoms with E-state index in [9.17, 15) is 26.4 Å². The molecule has 0 spiro atoms. The molecule has 0 saturated carbocycles. The van der Waals surface area contributed by atoms with E-state index in [2.05, 4.69) is 15.0 Å². The first-order valence-electron chi connectivity index (χ1n) is 10.4. The number of rotatable bonds is 7. The highest BCUT2D eigenvalue weighted by molar-refractivity contribution is 7.89. The zero-order chi connectivity index (χ0) is 24.2. The second kappa shape index (κ2) is 10.0. The molecule has 0 aromatic heterocycles. The van der Waals surface area contributed by atoms with Gasteiger partial charge in [0.25, 0.3) is 0 Å². The SMILES string of the molecule is Cc1cccc(N2CCN(S(=O)(=O)CC(=O)NC(C)c3ccc(OC(F)(F)F)cc3)CC2)c1. The maximum Gasteiger partial charge on any atom is 0.573 e. The summed E-state index contributed by atoms with van der Waals surface area (Å²) >= 11 is 0. The second-order valence-electron chi connectivity index (χ2n) is 7.89. The highest BCUT2D eigenvalue weighted by Gasteiger charge is 2.31. The Morgan fingerprint density at radius 1 is 1.09 bits per heavy atom. The topological polar surface area (TPSA) is 79.0 Å². The number of hydrogen-bond acceptors (Lipinski definition) is 5. The quantitative estimate of drug-likeness (QED) is 0.652. The van der Waals surface area contributed by atoms with Crippen LogP contribution in [0.1, 0.15) is 24.1 Å². The van der Waals surface area contributed by atoms with Crippen molar-refractivity contribution < 1.29 is 31.1 Å². The fourth-order valence-electron chi connectivity index (χ4n) is 3.63. The predicted octanol–water partition coefficient (Wildman–Crippen LogP) is 3.22. The molecule has 1 aliphatic rings. The first-order chi connectivity index (χ1) is 15.4. The Hall–Kier alpha value is -2.79. The summed E-state index contributed by atoms with van der Waals surface area (Å²) in [5.74, 6) is -1.76. The summed E-state index contributed by atoms with van der Waals surface area (Å²) in [5, 5.41) is 2.58. The third-order valence-electron chi connectivity index (χ3n) is 5.30. The number of carbonyl (C=O) groups is 1. The van der Waals surface area contributed by atoms with Gasteiger partial charge in [-0.25, -0.2) is 8.42 Å². The molecule has 1 unspecified atom stereocenters. The minimum atomic E-state index is -4.79. The van der Waals surface area contributed by atoms with Gasteiger partial charge in [0.05, 0.1) is 6.04 Å². The van der Waals surface area contributed by atoms with E-state index in [1.54, 1.807) is 6.92 Å². The minimum Gasteiger partial charge on any atom is -0.406 e. The van der Waals surface area contributed by atoms with Crippen LogP contribution in [0.2, 0.25) is 0 Å². The molecule has 33 heavy (non-hydrogen) atoms. The summed E-state index contributed by atoms with van der Waals surface area (Å²) in [4.78, 5) is 14.5. The summed E-state index contributed by atoms with van der Waals surface area (Å²) in [6.07, 6.45) is -4.79. The minimum absolute atomic E-state index is 0.278. The average Bonchev–Trinajstić information content (AvgIpc) is 2.72. The van der Waals surface area contributed by atoms with Crippen LogP contribution in [0.4, 0.5) is 18.9 Å². The van der Waals surface area contributed by atoms with Gasteiger partial charge in [0, 0.05) is 31.9 Å². The lowest BCUT2D eigenvalue weighted by atomic mass is 10.1. The van der Waals surface area contributed by atoms with Crippen LogP contribution in [0.5, 0.6) is 5.75 Å². The van der Waals surface area contributed by atoms with E-state index in [1.165, 1.54) is 16.4 Å². The number of ether oxygens (including phenoxy) is 1. The van der Waals surface area contributed by atoms with Gasteiger partial charge in [-0.1, -0.05) is 24.3 Å². The van der Waals surface area contributed by atoms with Gasteiger partial charge in [-0.2, -0.15) is 4.31 Å². The maximum absolute atomic E-state index is 12.7. The van der Waals surface area contributed by atoms with Crippen molar-refractivity contribution in [2.24, 2.45) is 0 Å². The van der Waals surface area contributed by atoms with Crippen molar-refractivity contribution in [3.05, 3.63) is 59.7 Å². The summed E-state index contributed by atoms with van der Waals surface area (Å²) in [5.41, 5.74) is 2.67. The van der Waals surface area contributed by atoms with E-state index >= 15 is 0 Å². The standard InChI is InChI=1S/C22H26F3N3O4S/c1-16-4-3-5-19(14-16)27-10-12-28(13-11-27)33(30,31)15-21(29)26-17(2)18-6-8-20(9-7-18)32-22(23,24)25/h3-9,14,17H,10-13,15H2,1-2H3,(H,26,29). The van der Waals surface area contributed by atoms with Crippen LogP contribution in [0, 0.1) is 6.92 Å². The van der Waals surface area contributed by atoms with Crippen molar-refractivity contribution in [1.82, 2.24) is 9.62 Å². The van der Waals surface area contributed by atoms with Crippen LogP contribution in [-0.2, 0) is 14.8 Å². The van der Waals surface area contributed by atoms with Gasteiger partial charge in [0.2, 0.25) is 15.9 Å². The highest BCUT2D eigenvalue weighted by Crippen LogP contribution is 2.24. The molecule has 180 valence electrons. The molecule has 7 nitrogen and oxygen atoms in total. The molecule has 1 aliphatic heterocycles. The predicted molar refractivity (Wildman–Crippen MR) is 118 cm³/mol. The fraction of sp³-hybridized carbons (Fsp3) is 0.409. The number of sulfonamides is 1. The third-order valence-corrected chi connectivity index (χ3v) is 7.08. The number of halogens is 3. The molecule has 1 amide bonds. The number of alkyl halides is 3. The second-order valence-corrected chi connectivity index (χ2v) is 9.86. The van der Waals surface area contributed by atoms with Crippen molar-refractivity contribution >= 4 is 21.6 Å². The fourth-order valence-corrected chi connectivity index (χ4v) is 4.95. The summed E-state index contributed by atoms with van der Waals surface area (Å²) in [7, 11) is -3.80. The van der Waals surface area contributed by atoms with E-state index in [-0.39, 0.29) is 18.8 Å². The van der Waals surface area contributed by atoms with Crippen LogP contribution in [0.15, 0.2) is 48.5 Å². The number of nitrogens with zero attached hydrogens (tertiary/aromatic N) is 2. The normalized spacial score (nSPS) is 16.3. The monoisotopic (exact) mass is 485 g/mol. The Labute approximate surface area is 191 Å². The molecule has 1 saturated heterocycles. The van der Waals surface area contributed by atoms with Crippen LogP contribution in [0.25, 0.3) is 0 Å². The molecular formula is C22H26F3N3O4S. The van der Waals surface area contributed by atoms with Crippen molar-refractivity contribution in [3.63, 3.8) is 0 Å². The molecule has 3 rings (SSSR count). The Morgan fingerprint density at radius 3 is 2.30 bits per heavy atom. The summed E-state index contributed by atoms with van der Waals surface area (Å²) in [6.45, 7) is 5.21. The molecule has 2 aromatic carbocycles. The van der Waals surface area contributed by atoms with Crippen molar-refractivity contribution in [2.75, 3.05) is 36.8 Å². The largest absolute Gasteiger partial charge is 0.573 e. The van der Waals surface area contributed by atoms with Crippen LogP contribution >= 0.6 is 0 Å². The number of nitrogens with one attached hydrogen (secondary N) is 1. The van der Waals surface area contributed by atoms with E-state index < -0.39 is 34.1 Å². The van der Waals surface area contributed by atoms with Gasteiger partial charge in [0.15, 0.2) is 0 Å². The molecule has 0 radical (unpaired) electrons. The number of aryl methyl sites for hydroxylation is 1. The number of anilines is 1. The van der Waals surface area contributed by atoms with Gasteiger partial charge < -0.3 is 15.0 Å². The van der Waals surface area contributed by atoms with Crippen molar-refractivity contribution in [1.29, 1.82) is 0 Å². The zero-order valence-electron chi connectivity index (χ0n) is 18.3. The third kappa shape index (κ3) is 7.10. The van der Waals surface area contributed by atoms with Gasteiger partial charge in [0.1, 0.15) is 11.5 Å². The first kappa shape index (κ1) is 24.8. The lowest BCUT2D eigenvalue weighted by molar-refractivity contribution is -0.274.